The normalized spacial score (nSPS) is 14.0. The first-order chi connectivity index (χ1) is 9.88. The largest absolute Gasteiger partial charge is 0.304 e. The van der Waals surface area contributed by atoms with Crippen molar-refractivity contribution in [3.63, 3.8) is 0 Å². The Labute approximate surface area is 129 Å². The summed E-state index contributed by atoms with van der Waals surface area (Å²) in [4.78, 5) is 0. The van der Waals surface area contributed by atoms with Crippen molar-refractivity contribution in [2.75, 3.05) is 0 Å². The lowest BCUT2D eigenvalue weighted by molar-refractivity contribution is 0.491. The number of hydrogen-bond donors (Lipinski definition) is 1. The van der Waals surface area contributed by atoms with Gasteiger partial charge >= 0.3 is 0 Å². The Hall–Kier alpha value is -1.60. The van der Waals surface area contributed by atoms with Crippen LogP contribution in [-0.2, 0) is 0 Å². The zero-order valence-corrected chi connectivity index (χ0v) is 14.1. The Morgan fingerprint density at radius 1 is 0.667 bits per heavy atom. The highest BCUT2D eigenvalue weighted by atomic mass is 14.9. The van der Waals surface area contributed by atoms with Crippen molar-refractivity contribution in [2.45, 2.75) is 53.6 Å². The second kappa shape index (κ2) is 6.44. The van der Waals surface area contributed by atoms with Gasteiger partial charge in [0.1, 0.15) is 0 Å². The minimum Gasteiger partial charge on any atom is -0.304 e. The van der Waals surface area contributed by atoms with E-state index in [0.717, 1.165) is 0 Å². The molecule has 0 bridgehead atoms. The van der Waals surface area contributed by atoms with E-state index in [4.69, 9.17) is 0 Å². The molecule has 1 heteroatoms. The van der Waals surface area contributed by atoms with Crippen molar-refractivity contribution < 1.29 is 0 Å². The molecule has 0 saturated heterocycles. The van der Waals surface area contributed by atoms with Crippen LogP contribution in [0.4, 0.5) is 0 Å². The van der Waals surface area contributed by atoms with Gasteiger partial charge in [0.25, 0.3) is 0 Å². The summed E-state index contributed by atoms with van der Waals surface area (Å²) in [6.45, 7) is 13.2. The van der Waals surface area contributed by atoms with Crippen molar-refractivity contribution in [1.82, 2.24) is 5.32 Å². The van der Waals surface area contributed by atoms with Crippen molar-refractivity contribution in [3.05, 3.63) is 69.8 Å². The Morgan fingerprint density at radius 2 is 1.05 bits per heavy atom. The summed E-state index contributed by atoms with van der Waals surface area (Å²) in [6, 6.07) is 14.1. The quantitative estimate of drug-likeness (QED) is 0.798. The third-order valence-corrected chi connectivity index (χ3v) is 4.30. The lowest BCUT2D eigenvalue weighted by Crippen LogP contribution is -2.23. The Balaban J connectivity index is 2.20. The van der Waals surface area contributed by atoms with Crippen molar-refractivity contribution in [2.24, 2.45) is 0 Å². The van der Waals surface area contributed by atoms with E-state index in [-0.39, 0.29) is 0 Å². The van der Waals surface area contributed by atoms with Crippen LogP contribution in [0.5, 0.6) is 0 Å². The van der Waals surface area contributed by atoms with Crippen LogP contribution in [0.3, 0.4) is 0 Å². The Bertz CT molecular complexity index is 572. The van der Waals surface area contributed by atoms with Crippen LogP contribution in [-0.4, -0.2) is 0 Å². The maximum atomic E-state index is 3.75. The van der Waals surface area contributed by atoms with Crippen LogP contribution < -0.4 is 5.32 Å². The molecule has 1 N–H and O–H groups in total. The summed E-state index contributed by atoms with van der Waals surface area (Å²) < 4.78 is 0. The molecule has 112 valence electrons. The molecule has 0 saturated carbocycles. The summed E-state index contributed by atoms with van der Waals surface area (Å²) >= 11 is 0. The molecule has 21 heavy (non-hydrogen) atoms. The summed E-state index contributed by atoms with van der Waals surface area (Å²) in [5, 5.41) is 3.75. The Kier molecular flexibility index (Phi) is 4.84. The third-order valence-electron chi connectivity index (χ3n) is 4.30. The molecule has 2 rings (SSSR count). The summed E-state index contributed by atoms with van der Waals surface area (Å²) in [6.07, 6.45) is 0. The average Bonchev–Trinajstić information content (AvgIpc) is 2.43. The van der Waals surface area contributed by atoms with E-state index in [1.165, 1.54) is 33.4 Å². The second-order valence-corrected chi connectivity index (χ2v) is 6.33. The zero-order chi connectivity index (χ0) is 15.6. The average molecular weight is 281 g/mol. The second-order valence-electron chi connectivity index (χ2n) is 6.33. The number of nitrogens with one attached hydrogen (secondary N) is 1. The van der Waals surface area contributed by atoms with Crippen molar-refractivity contribution in [3.8, 4) is 0 Å². The molecule has 1 nitrogen and oxygen atoms in total. The van der Waals surface area contributed by atoms with Gasteiger partial charge in [-0.1, -0.05) is 47.5 Å². The van der Waals surface area contributed by atoms with Gasteiger partial charge < -0.3 is 5.32 Å². The molecule has 0 aliphatic carbocycles. The van der Waals surface area contributed by atoms with Gasteiger partial charge in [-0.25, -0.2) is 0 Å². The fraction of sp³-hybridized carbons (Fsp3) is 0.400. The van der Waals surface area contributed by atoms with Gasteiger partial charge in [0.15, 0.2) is 0 Å². The van der Waals surface area contributed by atoms with E-state index < -0.39 is 0 Å². The molecule has 0 heterocycles. The molecular weight excluding hydrogens is 254 g/mol. The summed E-state index contributed by atoms with van der Waals surface area (Å²) in [5.74, 6) is 0. The molecule has 2 atom stereocenters. The number of benzene rings is 2. The van der Waals surface area contributed by atoms with E-state index >= 15 is 0 Å². The predicted octanol–water partition coefficient (Wildman–Crippen LogP) is 5.33. The SMILES string of the molecule is Cc1ccc(C)c(C(C)NC(C)c2cc(C)ccc2C)c1. The lowest BCUT2D eigenvalue weighted by atomic mass is 9.96. The molecule has 0 fully saturated rings. The van der Waals surface area contributed by atoms with Crippen molar-refractivity contribution >= 4 is 0 Å². The minimum absolute atomic E-state index is 0.347. The summed E-state index contributed by atoms with van der Waals surface area (Å²) in [5.41, 5.74) is 8.15. The molecule has 0 radical (unpaired) electrons. The molecule has 2 aromatic carbocycles. The Morgan fingerprint density at radius 3 is 1.43 bits per heavy atom. The van der Waals surface area contributed by atoms with Crippen LogP contribution in [0.2, 0.25) is 0 Å². The van der Waals surface area contributed by atoms with E-state index in [1.54, 1.807) is 0 Å². The predicted molar refractivity (Wildman–Crippen MR) is 91.8 cm³/mol. The van der Waals surface area contributed by atoms with Gasteiger partial charge in [0.05, 0.1) is 0 Å². The van der Waals surface area contributed by atoms with Crippen LogP contribution in [0.15, 0.2) is 36.4 Å². The first kappa shape index (κ1) is 15.8. The molecule has 0 amide bonds. The first-order valence-electron chi connectivity index (χ1n) is 7.79. The third kappa shape index (κ3) is 3.74. The number of hydrogen-bond acceptors (Lipinski definition) is 1. The minimum atomic E-state index is 0.347. The molecule has 0 aromatic heterocycles. The molecular formula is C20H27N. The highest BCUT2D eigenvalue weighted by Crippen LogP contribution is 2.25. The lowest BCUT2D eigenvalue weighted by Gasteiger charge is -2.24. The van der Waals surface area contributed by atoms with Gasteiger partial charge in [-0.2, -0.15) is 0 Å². The first-order valence-corrected chi connectivity index (χ1v) is 7.79. The van der Waals surface area contributed by atoms with Crippen LogP contribution >= 0.6 is 0 Å². The highest BCUT2D eigenvalue weighted by Gasteiger charge is 2.14. The monoisotopic (exact) mass is 281 g/mol. The van der Waals surface area contributed by atoms with Gasteiger partial charge in [0.2, 0.25) is 0 Å². The van der Waals surface area contributed by atoms with E-state index in [9.17, 15) is 0 Å². The van der Waals surface area contributed by atoms with E-state index in [0.29, 0.717) is 12.1 Å². The molecule has 0 aliphatic rings. The number of aryl methyl sites for hydroxylation is 4. The van der Waals surface area contributed by atoms with Crippen LogP contribution in [0, 0.1) is 27.7 Å². The molecule has 2 aromatic rings. The fourth-order valence-corrected chi connectivity index (χ4v) is 3.01. The fourth-order valence-electron chi connectivity index (χ4n) is 3.01. The zero-order valence-electron chi connectivity index (χ0n) is 14.1. The van der Waals surface area contributed by atoms with E-state index in [1.807, 2.05) is 0 Å². The topological polar surface area (TPSA) is 12.0 Å². The molecule has 0 spiro atoms. The smallest absolute Gasteiger partial charge is 0.0300 e. The summed E-state index contributed by atoms with van der Waals surface area (Å²) in [7, 11) is 0. The highest BCUT2D eigenvalue weighted by molar-refractivity contribution is 5.35. The maximum Gasteiger partial charge on any atom is 0.0300 e. The van der Waals surface area contributed by atoms with E-state index in [2.05, 4.69) is 83.3 Å². The van der Waals surface area contributed by atoms with Crippen LogP contribution in [0.1, 0.15) is 59.3 Å². The maximum absolute atomic E-state index is 3.75. The molecule has 0 aliphatic heterocycles. The van der Waals surface area contributed by atoms with Gasteiger partial charge in [-0.15, -0.1) is 0 Å². The van der Waals surface area contributed by atoms with Gasteiger partial charge in [-0.3, -0.25) is 0 Å². The van der Waals surface area contributed by atoms with Gasteiger partial charge in [-0.05, 0) is 63.8 Å². The number of rotatable bonds is 4. The standard InChI is InChI=1S/C20H27N/c1-13-7-9-15(3)19(11-13)17(5)21-18(6)20-12-14(2)8-10-16(20)4/h7-12,17-18,21H,1-6H3. The van der Waals surface area contributed by atoms with Crippen LogP contribution in [0.25, 0.3) is 0 Å². The van der Waals surface area contributed by atoms with Crippen molar-refractivity contribution in [1.29, 1.82) is 0 Å². The van der Waals surface area contributed by atoms with Gasteiger partial charge in [0, 0.05) is 12.1 Å². The molecule has 2 unspecified atom stereocenters.